The van der Waals surface area contributed by atoms with Gasteiger partial charge < -0.3 is 5.32 Å². The van der Waals surface area contributed by atoms with E-state index in [0.717, 1.165) is 14.2 Å². The lowest BCUT2D eigenvalue weighted by atomic mass is 10.2. The molecule has 1 heterocycles. The van der Waals surface area contributed by atoms with Gasteiger partial charge in [-0.05, 0) is 28.9 Å². The topological polar surface area (TPSA) is 12.0 Å². The third kappa shape index (κ3) is 2.92. The molecule has 0 fully saturated rings. The molecule has 0 radical (unpaired) electrons. The number of rotatable bonds is 3. The Labute approximate surface area is 119 Å². The lowest BCUT2D eigenvalue weighted by Gasteiger charge is -2.08. The Kier molecular flexibility index (Phi) is 4.15. The van der Waals surface area contributed by atoms with Crippen molar-refractivity contribution >= 4 is 33.0 Å². The average Bonchev–Trinajstić information content (AvgIpc) is 2.66. The van der Waals surface area contributed by atoms with Crippen molar-refractivity contribution in [3.8, 4) is 0 Å². The highest BCUT2D eigenvalue weighted by molar-refractivity contribution is 9.10. The van der Waals surface area contributed by atoms with Crippen LogP contribution in [-0.2, 0) is 6.54 Å². The summed E-state index contributed by atoms with van der Waals surface area (Å²) in [6.07, 6.45) is 0. The normalized spacial score (nSPS) is 10.8. The zero-order chi connectivity index (χ0) is 14.2. The molecular formula is C12H8BrF4NS. The van der Waals surface area contributed by atoms with E-state index in [4.69, 9.17) is 0 Å². The van der Waals surface area contributed by atoms with Crippen molar-refractivity contribution < 1.29 is 17.6 Å². The monoisotopic (exact) mass is 353 g/mol. The first-order chi connectivity index (χ1) is 8.90. The molecule has 0 unspecified atom stereocenters. The van der Waals surface area contributed by atoms with Crippen LogP contribution < -0.4 is 5.32 Å². The summed E-state index contributed by atoms with van der Waals surface area (Å²) in [4.78, 5) is 1.79. The molecule has 0 saturated heterocycles. The fourth-order valence-electron chi connectivity index (χ4n) is 1.51. The summed E-state index contributed by atoms with van der Waals surface area (Å²) < 4.78 is 53.6. The largest absolute Gasteiger partial charge is 0.375 e. The number of nitrogens with one attached hydrogen (secondary N) is 1. The Morgan fingerprint density at radius 2 is 1.68 bits per heavy atom. The first-order valence-corrected chi connectivity index (χ1v) is 6.82. The number of anilines is 1. The number of hydrogen-bond donors (Lipinski definition) is 1. The number of thiophene rings is 1. The molecular weight excluding hydrogens is 346 g/mol. The summed E-state index contributed by atoms with van der Waals surface area (Å²) in [7, 11) is 0. The van der Waals surface area contributed by atoms with Gasteiger partial charge in [0.25, 0.3) is 0 Å². The van der Waals surface area contributed by atoms with E-state index in [9.17, 15) is 17.6 Å². The van der Waals surface area contributed by atoms with Crippen molar-refractivity contribution in [3.63, 3.8) is 0 Å². The van der Waals surface area contributed by atoms with E-state index in [0.29, 0.717) is 0 Å². The summed E-state index contributed by atoms with van der Waals surface area (Å²) in [6, 6.07) is 1.96. The van der Waals surface area contributed by atoms with Crippen LogP contribution in [0.5, 0.6) is 0 Å². The van der Waals surface area contributed by atoms with E-state index in [1.54, 1.807) is 6.07 Å². The molecule has 0 spiro atoms. The molecule has 0 atom stereocenters. The Bertz CT molecular complexity index is 581. The highest BCUT2D eigenvalue weighted by Gasteiger charge is 2.19. The molecule has 2 aromatic rings. The van der Waals surface area contributed by atoms with E-state index in [1.165, 1.54) is 11.3 Å². The predicted molar refractivity (Wildman–Crippen MR) is 70.4 cm³/mol. The van der Waals surface area contributed by atoms with Crippen LogP contribution in [0, 0.1) is 30.2 Å². The van der Waals surface area contributed by atoms with Gasteiger partial charge in [0.2, 0.25) is 0 Å². The van der Waals surface area contributed by atoms with Crippen LogP contribution in [0.15, 0.2) is 16.6 Å². The fraction of sp³-hybridized carbons (Fsp3) is 0.167. The smallest absolute Gasteiger partial charge is 0.185 e. The third-order valence-corrected chi connectivity index (χ3v) is 4.60. The molecule has 2 rings (SSSR count). The molecule has 1 aromatic carbocycles. The van der Waals surface area contributed by atoms with E-state index in [2.05, 4.69) is 21.2 Å². The second kappa shape index (κ2) is 5.50. The maximum absolute atomic E-state index is 13.4. The van der Waals surface area contributed by atoms with E-state index >= 15 is 0 Å². The number of aryl methyl sites for hydroxylation is 1. The highest BCUT2D eigenvalue weighted by atomic mass is 79.9. The lowest BCUT2D eigenvalue weighted by molar-refractivity contribution is 0.458. The van der Waals surface area contributed by atoms with Crippen LogP contribution in [0.4, 0.5) is 23.2 Å². The van der Waals surface area contributed by atoms with Crippen LogP contribution in [0.1, 0.15) is 9.75 Å². The van der Waals surface area contributed by atoms with Crippen LogP contribution >= 0.6 is 27.3 Å². The molecule has 19 heavy (non-hydrogen) atoms. The minimum Gasteiger partial charge on any atom is -0.375 e. The van der Waals surface area contributed by atoms with Gasteiger partial charge in [-0.25, -0.2) is 17.6 Å². The van der Waals surface area contributed by atoms with Gasteiger partial charge in [0.05, 0.1) is 0 Å². The maximum atomic E-state index is 13.4. The molecule has 1 aromatic heterocycles. The molecule has 1 N–H and O–H groups in total. The molecule has 1 nitrogen and oxygen atoms in total. The second-order valence-electron chi connectivity index (χ2n) is 3.81. The van der Waals surface area contributed by atoms with Crippen LogP contribution in [0.2, 0.25) is 0 Å². The third-order valence-electron chi connectivity index (χ3n) is 2.46. The van der Waals surface area contributed by atoms with E-state index < -0.39 is 29.0 Å². The van der Waals surface area contributed by atoms with Gasteiger partial charge in [-0.1, -0.05) is 0 Å². The molecule has 7 heteroatoms. The van der Waals surface area contributed by atoms with Crippen LogP contribution in [0.25, 0.3) is 0 Å². The number of hydrogen-bond acceptors (Lipinski definition) is 2. The number of benzene rings is 1. The first-order valence-electron chi connectivity index (χ1n) is 5.21. The van der Waals surface area contributed by atoms with Crippen LogP contribution in [0.3, 0.4) is 0 Å². The quantitative estimate of drug-likeness (QED) is 0.605. The molecule has 0 saturated carbocycles. The zero-order valence-corrected chi connectivity index (χ0v) is 12.1. The molecule has 0 bridgehead atoms. The maximum Gasteiger partial charge on any atom is 0.185 e. The SMILES string of the molecule is Cc1sc(CNc2c(F)c(F)cc(F)c2F)cc1Br. The Hall–Kier alpha value is -1.08. The van der Waals surface area contributed by atoms with Gasteiger partial charge in [-0.2, -0.15) is 0 Å². The van der Waals surface area contributed by atoms with Gasteiger partial charge in [0, 0.05) is 26.8 Å². The first kappa shape index (κ1) is 14.3. The molecule has 102 valence electrons. The lowest BCUT2D eigenvalue weighted by Crippen LogP contribution is -2.06. The standard InChI is InChI=1S/C12H8BrF4NS/c1-5-7(13)2-6(19-5)4-18-12-10(16)8(14)3-9(15)11(12)17/h2-3,18H,4H2,1H3. The summed E-state index contributed by atoms with van der Waals surface area (Å²) in [5.74, 6) is -5.70. The van der Waals surface area contributed by atoms with Crippen molar-refractivity contribution in [2.75, 3.05) is 5.32 Å². The van der Waals surface area contributed by atoms with Crippen LogP contribution in [-0.4, -0.2) is 0 Å². The number of halogens is 5. The zero-order valence-electron chi connectivity index (χ0n) is 9.66. The Morgan fingerprint density at radius 3 is 2.16 bits per heavy atom. The molecule has 0 aliphatic carbocycles. The Morgan fingerprint density at radius 1 is 1.11 bits per heavy atom. The Balaban J connectivity index is 2.24. The highest BCUT2D eigenvalue weighted by Crippen LogP contribution is 2.29. The van der Waals surface area contributed by atoms with E-state index in [-0.39, 0.29) is 12.6 Å². The van der Waals surface area contributed by atoms with Crippen molar-refractivity contribution in [1.82, 2.24) is 0 Å². The minimum atomic E-state index is -1.43. The van der Waals surface area contributed by atoms with E-state index in [1.807, 2.05) is 6.92 Å². The van der Waals surface area contributed by atoms with Crippen molar-refractivity contribution in [1.29, 1.82) is 0 Å². The molecule has 0 aliphatic heterocycles. The van der Waals surface area contributed by atoms with Crippen molar-refractivity contribution in [3.05, 3.63) is 49.6 Å². The predicted octanol–water partition coefficient (Wildman–Crippen LogP) is 4.99. The van der Waals surface area contributed by atoms with Crippen molar-refractivity contribution in [2.45, 2.75) is 13.5 Å². The fourth-order valence-corrected chi connectivity index (χ4v) is 3.05. The molecule has 0 amide bonds. The summed E-state index contributed by atoms with van der Waals surface area (Å²) >= 11 is 4.72. The van der Waals surface area contributed by atoms with Gasteiger partial charge in [0.15, 0.2) is 23.3 Å². The minimum absolute atomic E-state index is 0.0772. The summed E-state index contributed by atoms with van der Waals surface area (Å²) in [6.45, 7) is 1.95. The summed E-state index contributed by atoms with van der Waals surface area (Å²) in [5, 5.41) is 2.38. The van der Waals surface area contributed by atoms with Gasteiger partial charge >= 0.3 is 0 Å². The average molecular weight is 354 g/mol. The van der Waals surface area contributed by atoms with Gasteiger partial charge in [0.1, 0.15) is 5.69 Å². The van der Waals surface area contributed by atoms with Crippen molar-refractivity contribution in [2.24, 2.45) is 0 Å². The second-order valence-corrected chi connectivity index (χ2v) is 6.01. The van der Waals surface area contributed by atoms with Gasteiger partial charge in [-0.15, -0.1) is 11.3 Å². The summed E-state index contributed by atoms with van der Waals surface area (Å²) in [5.41, 5.74) is -0.792. The molecule has 0 aliphatic rings. The van der Waals surface area contributed by atoms with Gasteiger partial charge in [-0.3, -0.25) is 0 Å².